The molecule has 0 unspecified atom stereocenters. The van der Waals surface area contributed by atoms with Gasteiger partial charge in [-0.2, -0.15) is 9.40 Å². The van der Waals surface area contributed by atoms with Gasteiger partial charge >= 0.3 is 0 Å². The Morgan fingerprint density at radius 1 is 1.40 bits per heavy atom. The largest absolute Gasteiger partial charge is 0.314 e. The van der Waals surface area contributed by atoms with Crippen molar-refractivity contribution >= 4 is 10.0 Å². The molecular formula is C13H22N4O2S. The van der Waals surface area contributed by atoms with Crippen molar-refractivity contribution in [1.82, 2.24) is 19.4 Å². The first-order valence-corrected chi connectivity index (χ1v) is 8.75. The van der Waals surface area contributed by atoms with Crippen LogP contribution in [0.5, 0.6) is 0 Å². The normalized spacial score (nSPS) is 19.7. The van der Waals surface area contributed by atoms with Crippen LogP contribution in [0.2, 0.25) is 0 Å². The third-order valence-electron chi connectivity index (χ3n) is 3.92. The smallest absolute Gasteiger partial charge is 0.246 e. The Kier molecular flexibility index (Phi) is 3.83. The van der Waals surface area contributed by atoms with Gasteiger partial charge in [-0.3, -0.25) is 4.68 Å². The Hall–Kier alpha value is -0.920. The van der Waals surface area contributed by atoms with Gasteiger partial charge < -0.3 is 5.32 Å². The van der Waals surface area contributed by atoms with Gasteiger partial charge in [0.05, 0.1) is 6.20 Å². The number of hydrogen-bond acceptors (Lipinski definition) is 4. The average Bonchev–Trinajstić information content (AvgIpc) is 3.33. The quantitative estimate of drug-likeness (QED) is 0.721. The van der Waals surface area contributed by atoms with Crippen molar-refractivity contribution in [2.45, 2.75) is 55.6 Å². The highest BCUT2D eigenvalue weighted by atomic mass is 32.2. The summed E-state index contributed by atoms with van der Waals surface area (Å²) in [5.74, 6) is 0. The van der Waals surface area contributed by atoms with E-state index in [0.717, 1.165) is 38.4 Å². The Bertz CT molecular complexity index is 561. The SMILES string of the molecule is CN(C1CC1)S(=O)(=O)c1cnn(CCCNC2CC2)c1. The fraction of sp³-hybridized carbons (Fsp3) is 0.769. The van der Waals surface area contributed by atoms with Crippen LogP contribution in [0.3, 0.4) is 0 Å². The summed E-state index contributed by atoms with van der Waals surface area (Å²) in [7, 11) is -1.70. The first-order valence-electron chi connectivity index (χ1n) is 7.31. The molecule has 0 amide bonds. The molecule has 20 heavy (non-hydrogen) atoms. The lowest BCUT2D eigenvalue weighted by Crippen LogP contribution is -2.28. The summed E-state index contributed by atoms with van der Waals surface area (Å²) < 4.78 is 27.8. The molecule has 6 nitrogen and oxygen atoms in total. The maximum atomic E-state index is 12.3. The summed E-state index contributed by atoms with van der Waals surface area (Å²) in [6.07, 6.45) is 8.59. The summed E-state index contributed by atoms with van der Waals surface area (Å²) in [6, 6.07) is 0.904. The third kappa shape index (κ3) is 3.21. The molecular weight excluding hydrogens is 276 g/mol. The van der Waals surface area contributed by atoms with Crippen molar-refractivity contribution < 1.29 is 8.42 Å². The molecule has 2 saturated carbocycles. The molecule has 1 aromatic rings. The lowest BCUT2D eigenvalue weighted by molar-refractivity contribution is 0.464. The molecule has 1 N–H and O–H groups in total. The van der Waals surface area contributed by atoms with Crippen LogP contribution in [0, 0.1) is 0 Å². The summed E-state index contributed by atoms with van der Waals surface area (Å²) in [5.41, 5.74) is 0. The van der Waals surface area contributed by atoms with E-state index in [0.29, 0.717) is 4.90 Å². The molecule has 2 fully saturated rings. The molecule has 0 atom stereocenters. The van der Waals surface area contributed by atoms with Gasteiger partial charge in [0.1, 0.15) is 4.90 Å². The van der Waals surface area contributed by atoms with Crippen molar-refractivity contribution in [3.8, 4) is 0 Å². The molecule has 0 aromatic carbocycles. The van der Waals surface area contributed by atoms with Gasteiger partial charge in [-0.05, 0) is 38.6 Å². The maximum absolute atomic E-state index is 12.3. The predicted octanol–water partition coefficient (Wildman–Crippen LogP) is 0.808. The molecule has 0 spiro atoms. The number of sulfonamides is 1. The monoisotopic (exact) mass is 298 g/mol. The number of nitrogens with zero attached hydrogens (tertiary/aromatic N) is 3. The standard InChI is InChI=1S/C13H22N4O2S/c1-16(12-5-6-12)20(18,19)13-9-15-17(10-13)8-2-7-14-11-3-4-11/h9-12,14H,2-8H2,1H3. The first-order chi connectivity index (χ1) is 9.57. The van der Waals surface area contributed by atoms with E-state index in [9.17, 15) is 8.42 Å². The van der Waals surface area contributed by atoms with Crippen LogP contribution < -0.4 is 5.32 Å². The van der Waals surface area contributed by atoms with Crippen LogP contribution in [-0.4, -0.2) is 48.2 Å². The van der Waals surface area contributed by atoms with Crippen molar-refractivity contribution in [2.75, 3.05) is 13.6 Å². The Balaban J connectivity index is 1.54. The molecule has 112 valence electrons. The van der Waals surface area contributed by atoms with E-state index in [-0.39, 0.29) is 6.04 Å². The number of hydrogen-bond donors (Lipinski definition) is 1. The Labute approximate surface area is 120 Å². The molecule has 0 saturated heterocycles. The number of aryl methyl sites for hydroxylation is 1. The van der Waals surface area contributed by atoms with Crippen LogP contribution in [0.4, 0.5) is 0 Å². The van der Waals surface area contributed by atoms with E-state index in [1.54, 1.807) is 17.9 Å². The van der Waals surface area contributed by atoms with Crippen molar-refractivity contribution in [3.63, 3.8) is 0 Å². The van der Waals surface area contributed by atoms with E-state index in [2.05, 4.69) is 10.4 Å². The highest BCUT2D eigenvalue weighted by Crippen LogP contribution is 2.30. The van der Waals surface area contributed by atoms with Crippen LogP contribution in [0.1, 0.15) is 32.1 Å². The topological polar surface area (TPSA) is 67.2 Å². The molecule has 1 aromatic heterocycles. The zero-order valence-electron chi connectivity index (χ0n) is 11.8. The summed E-state index contributed by atoms with van der Waals surface area (Å²) >= 11 is 0. The molecule has 0 aliphatic heterocycles. The van der Waals surface area contributed by atoms with Gasteiger partial charge in [0, 0.05) is 31.9 Å². The van der Waals surface area contributed by atoms with E-state index in [4.69, 9.17) is 0 Å². The predicted molar refractivity (Wildman–Crippen MR) is 75.8 cm³/mol. The van der Waals surface area contributed by atoms with Crippen LogP contribution in [-0.2, 0) is 16.6 Å². The second-order valence-corrected chi connectivity index (χ2v) is 7.77. The zero-order chi connectivity index (χ0) is 14.2. The first kappa shape index (κ1) is 14.0. The van der Waals surface area contributed by atoms with Crippen LogP contribution in [0.25, 0.3) is 0 Å². The molecule has 7 heteroatoms. The average molecular weight is 298 g/mol. The molecule has 3 rings (SSSR count). The van der Waals surface area contributed by atoms with Gasteiger partial charge in [-0.1, -0.05) is 0 Å². The van der Waals surface area contributed by atoms with E-state index in [1.165, 1.54) is 23.3 Å². The molecule has 0 bridgehead atoms. The summed E-state index contributed by atoms with van der Waals surface area (Å²) in [5, 5.41) is 7.60. The van der Waals surface area contributed by atoms with Crippen molar-refractivity contribution in [2.24, 2.45) is 0 Å². The number of aromatic nitrogens is 2. The lowest BCUT2D eigenvalue weighted by Gasteiger charge is -2.14. The highest BCUT2D eigenvalue weighted by molar-refractivity contribution is 7.89. The number of nitrogens with one attached hydrogen (secondary N) is 1. The Morgan fingerprint density at radius 2 is 2.15 bits per heavy atom. The molecule has 2 aliphatic rings. The lowest BCUT2D eigenvalue weighted by atomic mass is 10.4. The van der Waals surface area contributed by atoms with E-state index in [1.807, 2.05) is 0 Å². The van der Waals surface area contributed by atoms with Crippen molar-refractivity contribution in [3.05, 3.63) is 12.4 Å². The van der Waals surface area contributed by atoms with Gasteiger partial charge in [0.2, 0.25) is 10.0 Å². The third-order valence-corrected chi connectivity index (χ3v) is 5.78. The minimum absolute atomic E-state index is 0.186. The van der Waals surface area contributed by atoms with E-state index < -0.39 is 10.0 Å². The summed E-state index contributed by atoms with van der Waals surface area (Å²) in [6.45, 7) is 1.72. The zero-order valence-corrected chi connectivity index (χ0v) is 12.6. The second-order valence-electron chi connectivity index (χ2n) is 5.77. The van der Waals surface area contributed by atoms with E-state index >= 15 is 0 Å². The fourth-order valence-corrected chi connectivity index (χ4v) is 3.61. The number of rotatable bonds is 8. The van der Waals surface area contributed by atoms with Gasteiger partial charge in [-0.15, -0.1) is 0 Å². The van der Waals surface area contributed by atoms with Gasteiger partial charge in [0.15, 0.2) is 0 Å². The van der Waals surface area contributed by atoms with Crippen LogP contribution >= 0.6 is 0 Å². The van der Waals surface area contributed by atoms with Crippen LogP contribution in [0.15, 0.2) is 17.3 Å². The van der Waals surface area contributed by atoms with Crippen molar-refractivity contribution in [1.29, 1.82) is 0 Å². The van der Waals surface area contributed by atoms with Gasteiger partial charge in [-0.25, -0.2) is 8.42 Å². The molecule has 2 aliphatic carbocycles. The summed E-state index contributed by atoms with van der Waals surface area (Å²) in [4.78, 5) is 0.307. The van der Waals surface area contributed by atoms with Gasteiger partial charge in [0.25, 0.3) is 0 Å². The molecule has 0 radical (unpaired) electrons. The highest BCUT2D eigenvalue weighted by Gasteiger charge is 2.35. The minimum Gasteiger partial charge on any atom is -0.314 e. The molecule has 1 heterocycles. The Morgan fingerprint density at radius 3 is 2.80 bits per heavy atom. The second kappa shape index (κ2) is 5.46. The maximum Gasteiger partial charge on any atom is 0.246 e. The minimum atomic E-state index is -3.35. The fourth-order valence-electron chi connectivity index (χ4n) is 2.24.